The second-order valence-corrected chi connectivity index (χ2v) is 4.35. The maximum atomic E-state index is 12.1. The van der Waals surface area contributed by atoms with Crippen LogP contribution in [-0.2, 0) is 0 Å². The first-order chi connectivity index (χ1) is 8.09. The van der Waals surface area contributed by atoms with Crippen molar-refractivity contribution < 1.29 is 14.7 Å². The number of rotatable bonds is 2. The molecule has 1 aromatic rings. The van der Waals surface area contributed by atoms with E-state index in [1.54, 1.807) is 4.90 Å². The summed E-state index contributed by atoms with van der Waals surface area (Å²) in [6, 6.07) is 2.93. The molecule has 1 atom stereocenters. The van der Waals surface area contributed by atoms with E-state index in [-0.39, 0.29) is 17.2 Å². The van der Waals surface area contributed by atoms with Crippen molar-refractivity contribution in [2.24, 2.45) is 5.92 Å². The van der Waals surface area contributed by atoms with Gasteiger partial charge in [0.2, 0.25) is 0 Å². The van der Waals surface area contributed by atoms with Gasteiger partial charge in [0, 0.05) is 19.3 Å². The van der Waals surface area contributed by atoms with Gasteiger partial charge in [-0.2, -0.15) is 0 Å². The lowest BCUT2D eigenvalue weighted by Crippen LogP contribution is -2.30. The van der Waals surface area contributed by atoms with Gasteiger partial charge in [-0.15, -0.1) is 0 Å². The van der Waals surface area contributed by atoms with Gasteiger partial charge in [0.05, 0.1) is 5.56 Å². The average Bonchev–Trinajstić information content (AvgIpc) is 2.75. The number of carboxylic acid groups (broad SMARTS) is 1. The SMILES string of the molecule is CC1CCN(C(=O)c2ncccc2C(=O)O)C1. The Bertz CT molecular complexity index is 459. The summed E-state index contributed by atoms with van der Waals surface area (Å²) in [4.78, 5) is 28.7. The van der Waals surface area contributed by atoms with Crippen LogP contribution in [0.2, 0.25) is 0 Å². The first kappa shape index (κ1) is 11.6. The van der Waals surface area contributed by atoms with E-state index in [0.717, 1.165) is 6.42 Å². The monoisotopic (exact) mass is 234 g/mol. The molecule has 0 saturated carbocycles. The molecular weight excluding hydrogens is 220 g/mol. The van der Waals surface area contributed by atoms with Crippen LogP contribution in [0.4, 0.5) is 0 Å². The Balaban J connectivity index is 2.28. The molecule has 0 spiro atoms. The van der Waals surface area contributed by atoms with E-state index in [0.29, 0.717) is 19.0 Å². The molecule has 90 valence electrons. The molecule has 1 fully saturated rings. The summed E-state index contributed by atoms with van der Waals surface area (Å²) in [5, 5.41) is 9.00. The summed E-state index contributed by atoms with van der Waals surface area (Å²) in [6.07, 6.45) is 2.40. The zero-order valence-electron chi connectivity index (χ0n) is 9.59. The third kappa shape index (κ3) is 2.27. The van der Waals surface area contributed by atoms with Gasteiger partial charge in [-0.1, -0.05) is 6.92 Å². The summed E-state index contributed by atoms with van der Waals surface area (Å²) in [6.45, 7) is 3.42. The predicted molar refractivity (Wildman–Crippen MR) is 60.9 cm³/mol. The number of carbonyl (C=O) groups excluding carboxylic acids is 1. The van der Waals surface area contributed by atoms with Gasteiger partial charge >= 0.3 is 5.97 Å². The molecule has 5 heteroatoms. The maximum absolute atomic E-state index is 12.1. The number of nitrogens with zero attached hydrogens (tertiary/aromatic N) is 2. The molecule has 1 unspecified atom stereocenters. The minimum Gasteiger partial charge on any atom is -0.478 e. The van der Waals surface area contributed by atoms with Crippen LogP contribution >= 0.6 is 0 Å². The highest BCUT2D eigenvalue weighted by Gasteiger charge is 2.27. The van der Waals surface area contributed by atoms with Crippen LogP contribution in [0.3, 0.4) is 0 Å². The van der Waals surface area contributed by atoms with Crippen molar-refractivity contribution in [1.29, 1.82) is 0 Å². The standard InChI is InChI=1S/C12H14N2O3/c1-8-4-6-14(7-8)11(15)10-9(12(16)17)3-2-5-13-10/h2-3,5,8H,4,6-7H2,1H3,(H,16,17). The van der Waals surface area contributed by atoms with Crippen molar-refractivity contribution >= 4 is 11.9 Å². The lowest BCUT2D eigenvalue weighted by atomic mass is 10.1. The fraction of sp³-hybridized carbons (Fsp3) is 0.417. The number of pyridine rings is 1. The molecule has 17 heavy (non-hydrogen) atoms. The number of carboxylic acids is 1. The molecule has 0 bridgehead atoms. The van der Waals surface area contributed by atoms with E-state index in [4.69, 9.17) is 5.11 Å². The zero-order valence-corrected chi connectivity index (χ0v) is 9.59. The molecule has 2 rings (SSSR count). The smallest absolute Gasteiger partial charge is 0.338 e. The lowest BCUT2D eigenvalue weighted by Gasteiger charge is -2.16. The van der Waals surface area contributed by atoms with E-state index in [2.05, 4.69) is 11.9 Å². The molecule has 1 N–H and O–H groups in total. The minimum atomic E-state index is -1.12. The topological polar surface area (TPSA) is 70.5 Å². The van der Waals surface area contributed by atoms with E-state index in [1.807, 2.05) is 0 Å². The zero-order chi connectivity index (χ0) is 12.4. The third-order valence-electron chi connectivity index (χ3n) is 2.95. The summed E-state index contributed by atoms with van der Waals surface area (Å²) in [5.74, 6) is -0.933. The van der Waals surface area contributed by atoms with Gasteiger partial charge in [0.25, 0.3) is 5.91 Å². The van der Waals surface area contributed by atoms with E-state index >= 15 is 0 Å². The molecule has 0 radical (unpaired) electrons. The van der Waals surface area contributed by atoms with Crippen LogP contribution in [0.15, 0.2) is 18.3 Å². The fourth-order valence-electron chi connectivity index (χ4n) is 2.02. The molecule has 0 aliphatic carbocycles. The number of carbonyl (C=O) groups is 2. The summed E-state index contributed by atoms with van der Waals surface area (Å²) < 4.78 is 0. The lowest BCUT2D eigenvalue weighted by molar-refractivity contribution is 0.0678. The van der Waals surface area contributed by atoms with Gasteiger partial charge in [-0.05, 0) is 24.5 Å². The van der Waals surface area contributed by atoms with Gasteiger partial charge in [0.1, 0.15) is 5.69 Å². The largest absolute Gasteiger partial charge is 0.478 e. The van der Waals surface area contributed by atoms with Gasteiger partial charge in [-0.3, -0.25) is 9.78 Å². The van der Waals surface area contributed by atoms with Crippen LogP contribution in [0.25, 0.3) is 0 Å². The Hall–Kier alpha value is -1.91. The highest BCUT2D eigenvalue weighted by atomic mass is 16.4. The predicted octanol–water partition coefficient (Wildman–Crippen LogP) is 1.26. The molecule has 1 aromatic heterocycles. The Morgan fingerprint density at radius 3 is 2.88 bits per heavy atom. The maximum Gasteiger partial charge on any atom is 0.338 e. The molecule has 0 aromatic carbocycles. The molecule has 2 heterocycles. The molecule has 5 nitrogen and oxygen atoms in total. The normalized spacial score (nSPS) is 19.4. The Morgan fingerprint density at radius 2 is 2.29 bits per heavy atom. The number of hydrogen-bond donors (Lipinski definition) is 1. The Morgan fingerprint density at radius 1 is 1.53 bits per heavy atom. The van der Waals surface area contributed by atoms with Crippen LogP contribution < -0.4 is 0 Å². The van der Waals surface area contributed by atoms with E-state index < -0.39 is 5.97 Å². The summed E-state index contributed by atoms with van der Waals surface area (Å²) in [5.41, 5.74) is 0.00570. The van der Waals surface area contributed by atoms with Crippen molar-refractivity contribution in [3.05, 3.63) is 29.6 Å². The van der Waals surface area contributed by atoms with Crippen molar-refractivity contribution in [3.63, 3.8) is 0 Å². The number of hydrogen-bond acceptors (Lipinski definition) is 3. The van der Waals surface area contributed by atoms with Crippen molar-refractivity contribution in [2.45, 2.75) is 13.3 Å². The second-order valence-electron chi connectivity index (χ2n) is 4.35. The van der Waals surface area contributed by atoms with Crippen LogP contribution in [0, 0.1) is 5.92 Å². The third-order valence-corrected chi connectivity index (χ3v) is 2.95. The summed E-state index contributed by atoms with van der Waals surface area (Å²) in [7, 11) is 0. The second kappa shape index (κ2) is 4.53. The summed E-state index contributed by atoms with van der Waals surface area (Å²) >= 11 is 0. The van der Waals surface area contributed by atoms with Gasteiger partial charge < -0.3 is 10.0 Å². The van der Waals surface area contributed by atoms with Crippen molar-refractivity contribution in [2.75, 3.05) is 13.1 Å². The van der Waals surface area contributed by atoms with Gasteiger partial charge in [0.15, 0.2) is 0 Å². The molecular formula is C12H14N2O3. The molecule has 1 saturated heterocycles. The fourth-order valence-corrected chi connectivity index (χ4v) is 2.02. The molecule has 1 aliphatic heterocycles. The minimum absolute atomic E-state index is 0.0305. The highest BCUT2D eigenvalue weighted by molar-refractivity contribution is 6.03. The molecule has 1 aliphatic rings. The molecule has 1 amide bonds. The first-order valence-corrected chi connectivity index (χ1v) is 5.57. The van der Waals surface area contributed by atoms with Crippen LogP contribution in [-0.4, -0.2) is 40.0 Å². The van der Waals surface area contributed by atoms with Crippen molar-refractivity contribution in [3.8, 4) is 0 Å². The van der Waals surface area contributed by atoms with Crippen molar-refractivity contribution in [1.82, 2.24) is 9.88 Å². The number of amides is 1. The van der Waals surface area contributed by atoms with E-state index in [9.17, 15) is 9.59 Å². The van der Waals surface area contributed by atoms with E-state index in [1.165, 1.54) is 18.3 Å². The number of aromatic nitrogens is 1. The van der Waals surface area contributed by atoms with Crippen LogP contribution in [0.1, 0.15) is 34.2 Å². The van der Waals surface area contributed by atoms with Crippen LogP contribution in [0.5, 0.6) is 0 Å². The highest BCUT2D eigenvalue weighted by Crippen LogP contribution is 2.18. The Labute approximate surface area is 99.1 Å². The van der Waals surface area contributed by atoms with Gasteiger partial charge in [-0.25, -0.2) is 4.79 Å². The number of aromatic carboxylic acids is 1. The first-order valence-electron chi connectivity index (χ1n) is 5.57. The average molecular weight is 234 g/mol. The quantitative estimate of drug-likeness (QED) is 0.836. The number of likely N-dealkylation sites (tertiary alicyclic amines) is 1. The Kier molecular flexibility index (Phi) is 3.08.